The number of pyridine rings is 1. The van der Waals surface area contributed by atoms with Gasteiger partial charge in [-0.3, -0.25) is 9.59 Å². The number of rotatable bonds is 6. The van der Waals surface area contributed by atoms with Crippen molar-refractivity contribution < 1.29 is 33.9 Å². The Morgan fingerprint density at radius 2 is 1.86 bits per heavy atom. The molecule has 1 aromatic carbocycles. The molecule has 1 fully saturated rings. The first-order valence-electron chi connectivity index (χ1n) is 10.9. The fourth-order valence-corrected chi connectivity index (χ4v) is 4.42. The van der Waals surface area contributed by atoms with E-state index in [1.807, 2.05) is 6.07 Å². The molecule has 180 valence electrons. The molecule has 0 bridgehead atoms. The average molecular weight is 476 g/mol. The van der Waals surface area contributed by atoms with Crippen LogP contribution in [0, 0.1) is 13.8 Å². The number of esters is 1. The molecule has 3 aromatic rings. The molecule has 9 heteroatoms. The maximum atomic E-state index is 13.8. The van der Waals surface area contributed by atoms with Crippen molar-refractivity contribution in [2.24, 2.45) is 0 Å². The standard InChI is InChI=1S/C26H25N3O6/c1-14-19(15(2)28-21(14)26(33)35-4)23(30)20-22(17-7-9-18(34-3)10-8-17)29(25(32)24(20)31)13-16-6-5-11-27-12-16/h5-12,22,28,30H,13H2,1-4H3. The fraction of sp³-hybridized carbons (Fsp3) is 0.231. The van der Waals surface area contributed by atoms with E-state index in [0.717, 1.165) is 5.56 Å². The topological polar surface area (TPSA) is 126 Å². The number of nitrogens with one attached hydrogen (secondary N) is 2. The van der Waals surface area contributed by atoms with Crippen LogP contribution in [0.4, 0.5) is 0 Å². The van der Waals surface area contributed by atoms with E-state index in [1.54, 1.807) is 56.6 Å². The fourth-order valence-electron chi connectivity index (χ4n) is 4.42. The van der Waals surface area contributed by atoms with E-state index in [9.17, 15) is 19.5 Å². The second kappa shape index (κ2) is 9.46. The van der Waals surface area contributed by atoms with Crippen molar-refractivity contribution in [2.75, 3.05) is 14.2 Å². The molecule has 35 heavy (non-hydrogen) atoms. The Morgan fingerprint density at radius 3 is 2.46 bits per heavy atom. The summed E-state index contributed by atoms with van der Waals surface area (Å²) in [6.07, 6.45) is 3.46. The first-order chi connectivity index (χ1) is 16.8. The van der Waals surface area contributed by atoms with E-state index in [-0.39, 0.29) is 23.4 Å². The zero-order chi connectivity index (χ0) is 25.3. The highest BCUT2D eigenvalue weighted by molar-refractivity contribution is 6.46. The van der Waals surface area contributed by atoms with Crippen molar-refractivity contribution in [2.45, 2.75) is 26.4 Å². The molecule has 2 N–H and O–H groups in total. The molecule has 9 nitrogen and oxygen atoms in total. The number of carbonyl (C=O) groups is 3. The van der Waals surface area contributed by atoms with Gasteiger partial charge < -0.3 is 24.5 Å². The number of H-pyrrole nitrogens is 2. The lowest BCUT2D eigenvalue weighted by Gasteiger charge is -2.27. The largest absolute Gasteiger partial charge is 0.872 e. The number of aromatic amines is 2. The van der Waals surface area contributed by atoms with Crippen LogP contribution in [0.15, 0.2) is 54.4 Å². The number of likely N-dealkylation sites (tertiary alicyclic amines) is 1. The minimum Gasteiger partial charge on any atom is -0.872 e. The first kappa shape index (κ1) is 23.7. The van der Waals surface area contributed by atoms with Crippen LogP contribution in [0.2, 0.25) is 0 Å². The number of ketones is 1. The molecule has 1 aliphatic rings. The number of benzene rings is 1. The van der Waals surface area contributed by atoms with Crippen LogP contribution < -0.4 is 14.8 Å². The van der Waals surface area contributed by atoms with Gasteiger partial charge in [-0.15, -0.1) is 0 Å². The van der Waals surface area contributed by atoms with E-state index >= 15 is 0 Å². The van der Waals surface area contributed by atoms with Crippen molar-refractivity contribution in [3.05, 3.63) is 88.0 Å². The Bertz CT molecular complexity index is 1330. The summed E-state index contributed by atoms with van der Waals surface area (Å²) in [7, 11) is 2.78. The number of nitrogens with zero attached hydrogens (tertiary/aromatic N) is 1. The second-order valence-electron chi connectivity index (χ2n) is 8.21. The summed E-state index contributed by atoms with van der Waals surface area (Å²) in [6.45, 7) is 3.35. The van der Waals surface area contributed by atoms with E-state index in [4.69, 9.17) is 9.47 Å². The maximum absolute atomic E-state index is 13.8. The van der Waals surface area contributed by atoms with E-state index < -0.39 is 29.5 Å². The van der Waals surface area contributed by atoms with Crippen LogP contribution in [0.5, 0.6) is 5.75 Å². The number of carbonyl (C=O) groups excluding carboxylic acids is 3. The quantitative estimate of drug-likeness (QED) is 0.250. The van der Waals surface area contributed by atoms with Gasteiger partial charge >= 0.3 is 5.97 Å². The molecule has 1 aliphatic heterocycles. The third kappa shape index (κ3) is 4.16. The van der Waals surface area contributed by atoms with Gasteiger partial charge in [-0.05, 0) is 48.7 Å². The molecule has 2 aromatic heterocycles. The van der Waals surface area contributed by atoms with Gasteiger partial charge in [0.15, 0.2) is 12.4 Å². The molecule has 0 aliphatic carbocycles. The number of ether oxygens (including phenoxy) is 2. The number of aryl methyl sites for hydroxylation is 1. The van der Waals surface area contributed by atoms with Crippen LogP contribution in [0.25, 0.3) is 5.76 Å². The summed E-state index contributed by atoms with van der Waals surface area (Å²) in [6, 6.07) is 9.57. The summed E-state index contributed by atoms with van der Waals surface area (Å²) in [5.41, 5.74) is 2.26. The highest BCUT2D eigenvalue weighted by Crippen LogP contribution is 2.41. The molecular weight excluding hydrogens is 450 g/mol. The van der Waals surface area contributed by atoms with Crippen molar-refractivity contribution in [3.63, 3.8) is 0 Å². The third-order valence-electron chi connectivity index (χ3n) is 6.14. The minimum absolute atomic E-state index is 0.119. The summed E-state index contributed by atoms with van der Waals surface area (Å²) in [4.78, 5) is 45.8. The van der Waals surface area contributed by atoms with Crippen LogP contribution in [-0.2, 0) is 20.9 Å². The van der Waals surface area contributed by atoms with Gasteiger partial charge in [-0.1, -0.05) is 17.9 Å². The minimum atomic E-state index is -0.913. The molecule has 1 amide bonds. The Hall–Kier alpha value is -4.40. The van der Waals surface area contributed by atoms with E-state index in [0.29, 0.717) is 22.6 Å². The molecule has 1 unspecified atom stereocenters. The average Bonchev–Trinajstić information content (AvgIpc) is 3.31. The Morgan fingerprint density at radius 1 is 1.14 bits per heavy atom. The molecule has 3 heterocycles. The van der Waals surface area contributed by atoms with Gasteiger partial charge in [0.2, 0.25) is 5.78 Å². The monoisotopic (exact) mass is 475 g/mol. The lowest BCUT2D eigenvalue weighted by atomic mass is 9.94. The molecule has 0 spiro atoms. The van der Waals surface area contributed by atoms with Gasteiger partial charge in [0.25, 0.3) is 5.91 Å². The second-order valence-corrected chi connectivity index (χ2v) is 8.21. The molecule has 4 rings (SSSR count). The number of amides is 1. The zero-order valence-corrected chi connectivity index (χ0v) is 19.8. The van der Waals surface area contributed by atoms with Crippen molar-refractivity contribution in [3.8, 4) is 5.75 Å². The van der Waals surface area contributed by atoms with E-state index in [1.165, 1.54) is 19.1 Å². The normalized spacial score (nSPS) is 17.0. The molecule has 1 atom stereocenters. The van der Waals surface area contributed by atoms with Crippen molar-refractivity contribution in [1.82, 2.24) is 9.88 Å². The number of hydrogen-bond donors (Lipinski definition) is 1. The van der Waals surface area contributed by atoms with Crippen LogP contribution in [0.1, 0.15) is 44.5 Å². The SMILES string of the molecule is COC(=O)c1[nH]c(C)c(C([O-])=C2C(=O)C(=O)N(Cc3ccc[nH+]c3)C2c2ccc(OC)cc2)c1C. The summed E-state index contributed by atoms with van der Waals surface area (Å²) >= 11 is 0. The number of hydrogen-bond acceptors (Lipinski definition) is 6. The Labute approximate surface area is 202 Å². The lowest BCUT2D eigenvalue weighted by molar-refractivity contribution is -0.378. The molecular formula is C26H25N3O6. The number of methoxy groups -OCH3 is 2. The molecule has 0 radical (unpaired) electrons. The first-order valence-corrected chi connectivity index (χ1v) is 10.9. The van der Waals surface area contributed by atoms with Crippen LogP contribution in [-0.4, -0.2) is 41.8 Å². The van der Waals surface area contributed by atoms with Crippen LogP contribution in [0.3, 0.4) is 0 Å². The maximum Gasteiger partial charge on any atom is 0.354 e. The third-order valence-corrected chi connectivity index (χ3v) is 6.14. The highest BCUT2D eigenvalue weighted by atomic mass is 16.5. The van der Waals surface area contributed by atoms with Crippen molar-refractivity contribution in [1.29, 1.82) is 0 Å². The lowest BCUT2D eigenvalue weighted by Crippen LogP contribution is -2.29. The Balaban J connectivity index is 1.90. The van der Waals surface area contributed by atoms with Gasteiger partial charge in [0, 0.05) is 22.9 Å². The van der Waals surface area contributed by atoms with Gasteiger partial charge in [-0.2, -0.15) is 0 Å². The summed E-state index contributed by atoms with van der Waals surface area (Å²) < 4.78 is 10.0. The molecule has 0 saturated carbocycles. The Kier molecular flexibility index (Phi) is 6.42. The van der Waals surface area contributed by atoms with Crippen LogP contribution >= 0.6 is 0 Å². The predicted octanol–water partition coefficient (Wildman–Crippen LogP) is 1.67. The number of aromatic nitrogens is 2. The number of Topliss-reactive ketones (excluding diaryl/α,β-unsaturated/α-hetero) is 1. The summed E-state index contributed by atoms with van der Waals surface area (Å²) in [5.74, 6) is -2.27. The zero-order valence-electron chi connectivity index (χ0n) is 19.8. The smallest absolute Gasteiger partial charge is 0.354 e. The van der Waals surface area contributed by atoms with Crippen molar-refractivity contribution >= 4 is 23.4 Å². The summed E-state index contributed by atoms with van der Waals surface area (Å²) in [5, 5.41) is 13.8. The van der Waals surface area contributed by atoms with E-state index in [2.05, 4.69) is 9.97 Å². The van der Waals surface area contributed by atoms with Gasteiger partial charge in [0.1, 0.15) is 11.4 Å². The molecule has 1 saturated heterocycles. The van der Waals surface area contributed by atoms with Gasteiger partial charge in [-0.25, -0.2) is 9.78 Å². The predicted molar refractivity (Wildman–Crippen MR) is 123 cm³/mol. The highest BCUT2D eigenvalue weighted by Gasteiger charge is 2.44. The van der Waals surface area contributed by atoms with Gasteiger partial charge in [0.05, 0.1) is 26.8 Å².